The Morgan fingerprint density at radius 2 is 2.00 bits per heavy atom. The number of H-pyrrole nitrogens is 1. The third kappa shape index (κ3) is 1.60. The maximum absolute atomic E-state index is 11.7. The summed E-state index contributed by atoms with van der Waals surface area (Å²) in [4.78, 5) is 14.0. The normalized spacial score (nSPS) is 10.9. The highest BCUT2D eigenvalue weighted by Gasteiger charge is 2.15. The molecule has 96 valence electrons. The highest BCUT2D eigenvalue weighted by molar-refractivity contribution is 5.89. The number of benzene rings is 1. The number of pyridine rings is 1. The van der Waals surface area contributed by atoms with E-state index in [9.17, 15) is 15.0 Å². The Balaban J connectivity index is 2.39. The summed E-state index contributed by atoms with van der Waals surface area (Å²) in [6, 6.07) is 7.78. The SMILES string of the molecule is Nc1c2c(=O)[nH]c(O)cc2nn1-c1ccccc1O. The van der Waals surface area contributed by atoms with E-state index < -0.39 is 5.56 Å². The van der Waals surface area contributed by atoms with Crippen LogP contribution in [0, 0.1) is 0 Å². The van der Waals surface area contributed by atoms with E-state index in [4.69, 9.17) is 5.73 Å². The van der Waals surface area contributed by atoms with Gasteiger partial charge in [0, 0.05) is 6.07 Å². The molecule has 19 heavy (non-hydrogen) atoms. The Labute approximate surface area is 106 Å². The maximum atomic E-state index is 11.7. The number of nitrogen functional groups attached to an aromatic ring is 1. The largest absolute Gasteiger partial charge is 0.506 e. The van der Waals surface area contributed by atoms with Gasteiger partial charge in [0.05, 0.1) is 0 Å². The molecule has 0 radical (unpaired) electrons. The van der Waals surface area contributed by atoms with Gasteiger partial charge in [-0.2, -0.15) is 5.10 Å². The lowest BCUT2D eigenvalue weighted by Crippen LogP contribution is -2.07. The lowest BCUT2D eigenvalue weighted by molar-refractivity contribution is 0.453. The van der Waals surface area contributed by atoms with Gasteiger partial charge in [0.1, 0.15) is 28.2 Å². The summed E-state index contributed by atoms with van der Waals surface area (Å²) in [7, 11) is 0. The predicted molar refractivity (Wildman–Crippen MR) is 69.4 cm³/mol. The van der Waals surface area contributed by atoms with E-state index in [1.165, 1.54) is 16.8 Å². The van der Waals surface area contributed by atoms with E-state index in [2.05, 4.69) is 10.1 Å². The molecule has 5 N–H and O–H groups in total. The lowest BCUT2D eigenvalue weighted by atomic mass is 10.3. The Morgan fingerprint density at radius 1 is 1.26 bits per heavy atom. The third-order valence-electron chi connectivity index (χ3n) is 2.80. The van der Waals surface area contributed by atoms with Crippen LogP contribution in [0.15, 0.2) is 35.1 Å². The number of aromatic amines is 1. The number of nitrogens with zero attached hydrogens (tertiary/aromatic N) is 2. The first-order chi connectivity index (χ1) is 9.08. The number of phenolic OH excluding ortho intramolecular Hbond substituents is 1. The molecular weight excluding hydrogens is 248 g/mol. The average molecular weight is 258 g/mol. The van der Waals surface area contributed by atoms with Gasteiger partial charge in [-0.15, -0.1) is 0 Å². The zero-order valence-corrected chi connectivity index (χ0v) is 9.66. The molecule has 0 aliphatic rings. The number of hydrogen-bond acceptors (Lipinski definition) is 5. The van der Waals surface area contributed by atoms with Gasteiger partial charge in [-0.1, -0.05) is 12.1 Å². The molecule has 0 bridgehead atoms. The Kier molecular flexibility index (Phi) is 2.21. The molecule has 0 aliphatic heterocycles. The van der Waals surface area contributed by atoms with Crippen LogP contribution in [-0.2, 0) is 0 Å². The molecule has 0 spiro atoms. The van der Waals surface area contributed by atoms with Crippen molar-refractivity contribution in [1.29, 1.82) is 0 Å². The van der Waals surface area contributed by atoms with E-state index >= 15 is 0 Å². The average Bonchev–Trinajstić information content (AvgIpc) is 2.67. The summed E-state index contributed by atoms with van der Waals surface area (Å²) in [5, 5.41) is 23.4. The van der Waals surface area contributed by atoms with Crippen molar-refractivity contribution in [3.05, 3.63) is 40.7 Å². The molecule has 1 aromatic carbocycles. The number of hydrogen-bond donors (Lipinski definition) is 4. The van der Waals surface area contributed by atoms with E-state index in [1.807, 2.05) is 0 Å². The fourth-order valence-corrected chi connectivity index (χ4v) is 1.95. The van der Waals surface area contributed by atoms with Gasteiger partial charge >= 0.3 is 0 Å². The van der Waals surface area contributed by atoms with E-state index in [0.29, 0.717) is 5.69 Å². The monoisotopic (exact) mass is 258 g/mol. The Bertz CT molecular complexity index is 835. The maximum Gasteiger partial charge on any atom is 0.263 e. The molecule has 2 heterocycles. The van der Waals surface area contributed by atoms with Gasteiger partial charge in [0.25, 0.3) is 5.56 Å². The molecule has 0 saturated carbocycles. The number of aromatic hydroxyl groups is 2. The summed E-state index contributed by atoms with van der Waals surface area (Å²) in [6.07, 6.45) is 0. The molecule has 0 aliphatic carbocycles. The number of anilines is 1. The lowest BCUT2D eigenvalue weighted by Gasteiger charge is -2.05. The van der Waals surface area contributed by atoms with E-state index in [1.54, 1.807) is 18.2 Å². The molecule has 0 atom stereocenters. The van der Waals surface area contributed by atoms with Gasteiger partial charge in [0.2, 0.25) is 0 Å². The van der Waals surface area contributed by atoms with E-state index in [0.717, 1.165) is 0 Å². The van der Waals surface area contributed by atoms with Crippen molar-refractivity contribution in [2.24, 2.45) is 0 Å². The first-order valence-electron chi connectivity index (χ1n) is 5.47. The van der Waals surface area contributed by atoms with Gasteiger partial charge in [-0.25, -0.2) is 4.68 Å². The van der Waals surface area contributed by atoms with Crippen molar-refractivity contribution < 1.29 is 10.2 Å². The van der Waals surface area contributed by atoms with Crippen LogP contribution in [0.3, 0.4) is 0 Å². The number of para-hydroxylation sites is 2. The summed E-state index contributed by atoms with van der Waals surface area (Å²) in [5.74, 6) is -0.208. The zero-order chi connectivity index (χ0) is 13.6. The van der Waals surface area contributed by atoms with Gasteiger partial charge in [0.15, 0.2) is 5.88 Å². The van der Waals surface area contributed by atoms with Crippen LogP contribution in [0.1, 0.15) is 0 Å². The second-order valence-electron chi connectivity index (χ2n) is 4.03. The van der Waals surface area contributed by atoms with Crippen LogP contribution in [0.4, 0.5) is 5.82 Å². The Hall–Kier alpha value is -2.96. The summed E-state index contributed by atoms with van der Waals surface area (Å²) in [6.45, 7) is 0. The van der Waals surface area contributed by atoms with Crippen molar-refractivity contribution in [3.63, 3.8) is 0 Å². The number of nitrogens with two attached hydrogens (primary N) is 1. The van der Waals surface area contributed by atoms with Crippen molar-refractivity contribution in [1.82, 2.24) is 14.8 Å². The molecule has 7 nitrogen and oxygen atoms in total. The Morgan fingerprint density at radius 3 is 2.74 bits per heavy atom. The smallest absolute Gasteiger partial charge is 0.263 e. The molecule has 0 saturated heterocycles. The van der Waals surface area contributed by atoms with Gasteiger partial charge < -0.3 is 15.9 Å². The molecular formula is C12H10N4O3. The van der Waals surface area contributed by atoms with Crippen LogP contribution in [-0.4, -0.2) is 25.0 Å². The van der Waals surface area contributed by atoms with Crippen LogP contribution >= 0.6 is 0 Å². The first kappa shape index (κ1) is 11.1. The van der Waals surface area contributed by atoms with Crippen molar-refractivity contribution in [3.8, 4) is 17.3 Å². The van der Waals surface area contributed by atoms with Gasteiger partial charge in [-0.3, -0.25) is 9.78 Å². The van der Waals surface area contributed by atoms with E-state index in [-0.39, 0.29) is 28.4 Å². The fraction of sp³-hybridized carbons (Fsp3) is 0. The van der Waals surface area contributed by atoms with Crippen LogP contribution < -0.4 is 11.3 Å². The summed E-state index contributed by atoms with van der Waals surface area (Å²) >= 11 is 0. The summed E-state index contributed by atoms with van der Waals surface area (Å²) in [5.41, 5.74) is 5.95. The molecule has 3 aromatic rings. The third-order valence-corrected chi connectivity index (χ3v) is 2.80. The molecule has 0 amide bonds. The van der Waals surface area contributed by atoms with Crippen LogP contribution in [0.2, 0.25) is 0 Å². The van der Waals surface area contributed by atoms with Crippen LogP contribution in [0.5, 0.6) is 11.6 Å². The standard InChI is InChI=1S/C12H10N4O3/c13-11-10-6(5-9(18)14-12(10)19)15-16(11)7-3-1-2-4-8(7)17/h1-5,17-18H,13H2,(H,14,19). The second-order valence-corrected chi connectivity index (χ2v) is 4.03. The zero-order valence-electron chi connectivity index (χ0n) is 9.66. The predicted octanol–water partition coefficient (Wildman–Crippen LogP) is 0.707. The second kappa shape index (κ2) is 3.77. The first-order valence-corrected chi connectivity index (χ1v) is 5.47. The topological polar surface area (TPSA) is 117 Å². The summed E-state index contributed by atoms with van der Waals surface area (Å²) < 4.78 is 1.26. The molecule has 2 aromatic heterocycles. The number of fused-ring (bicyclic) bond motifs is 1. The number of aromatic nitrogens is 3. The molecule has 7 heteroatoms. The molecule has 0 fully saturated rings. The minimum Gasteiger partial charge on any atom is -0.506 e. The number of rotatable bonds is 1. The highest BCUT2D eigenvalue weighted by atomic mass is 16.3. The quantitative estimate of drug-likeness (QED) is 0.512. The van der Waals surface area contributed by atoms with Crippen molar-refractivity contribution in [2.75, 3.05) is 5.73 Å². The number of nitrogens with one attached hydrogen (secondary N) is 1. The van der Waals surface area contributed by atoms with Crippen molar-refractivity contribution in [2.45, 2.75) is 0 Å². The number of phenols is 1. The fourth-order valence-electron chi connectivity index (χ4n) is 1.95. The molecule has 3 rings (SSSR count). The minimum absolute atomic E-state index is 0.0114. The minimum atomic E-state index is -0.533. The molecule has 0 unspecified atom stereocenters. The van der Waals surface area contributed by atoms with Crippen LogP contribution in [0.25, 0.3) is 16.6 Å². The highest BCUT2D eigenvalue weighted by Crippen LogP contribution is 2.27. The van der Waals surface area contributed by atoms with Gasteiger partial charge in [-0.05, 0) is 12.1 Å². The van der Waals surface area contributed by atoms with Crippen molar-refractivity contribution >= 4 is 16.7 Å².